The van der Waals surface area contributed by atoms with Crippen LogP contribution in [0.1, 0.15) is 421 Å². The lowest BCUT2D eigenvalue weighted by molar-refractivity contribution is -0.161. The van der Waals surface area contributed by atoms with Crippen molar-refractivity contribution in [3.63, 3.8) is 0 Å². The van der Waals surface area contributed by atoms with E-state index >= 15 is 0 Å². The highest BCUT2D eigenvalue weighted by atomic mass is 31.2. The molecule has 0 fully saturated rings. The first-order valence-corrected chi connectivity index (χ1v) is 45.3. The van der Waals surface area contributed by atoms with E-state index in [0.29, 0.717) is 31.6 Å². The number of unbranched alkanes of at least 4 members (excludes halogenated alkanes) is 43. The molecule has 0 aromatic heterocycles. The Labute approximate surface area is 619 Å². The number of phosphoric ester groups is 2. The second-order valence-electron chi connectivity index (χ2n) is 31.0. The van der Waals surface area contributed by atoms with Crippen molar-refractivity contribution in [2.75, 3.05) is 39.6 Å². The Morgan fingerprint density at radius 1 is 0.277 bits per heavy atom. The molecule has 0 radical (unpaired) electrons. The highest BCUT2D eigenvalue weighted by molar-refractivity contribution is 7.47. The molecule has 0 bridgehead atoms. The van der Waals surface area contributed by atoms with Crippen LogP contribution in [0.25, 0.3) is 0 Å². The van der Waals surface area contributed by atoms with Crippen molar-refractivity contribution in [1.29, 1.82) is 0 Å². The lowest BCUT2D eigenvalue weighted by atomic mass is 9.99. The van der Waals surface area contributed by atoms with Crippen LogP contribution in [0.15, 0.2) is 0 Å². The molecule has 0 aromatic carbocycles. The maximum absolute atomic E-state index is 13.1. The molecule has 3 N–H and O–H groups in total. The van der Waals surface area contributed by atoms with Crippen molar-refractivity contribution in [2.24, 2.45) is 23.7 Å². The number of carbonyl (C=O) groups is 4. The topological polar surface area (TPSA) is 237 Å². The Morgan fingerprint density at radius 2 is 0.475 bits per heavy atom. The quantitative estimate of drug-likeness (QED) is 0.0222. The number of ether oxygens (including phenoxy) is 4. The molecular weight excluding hydrogens is 1320 g/mol. The van der Waals surface area contributed by atoms with E-state index in [2.05, 4.69) is 55.4 Å². The van der Waals surface area contributed by atoms with Gasteiger partial charge in [-0.05, 0) is 49.4 Å². The van der Waals surface area contributed by atoms with Crippen molar-refractivity contribution >= 4 is 39.5 Å². The summed E-state index contributed by atoms with van der Waals surface area (Å²) >= 11 is 0. The molecule has 0 aliphatic heterocycles. The Balaban J connectivity index is 5.22. The van der Waals surface area contributed by atoms with Gasteiger partial charge >= 0.3 is 39.5 Å². The van der Waals surface area contributed by atoms with Gasteiger partial charge in [0.1, 0.15) is 19.3 Å². The van der Waals surface area contributed by atoms with Crippen LogP contribution >= 0.6 is 15.6 Å². The van der Waals surface area contributed by atoms with Gasteiger partial charge < -0.3 is 33.8 Å². The summed E-state index contributed by atoms with van der Waals surface area (Å²) in [5, 5.41) is 10.6. The van der Waals surface area contributed by atoms with Crippen LogP contribution < -0.4 is 0 Å². The van der Waals surface area contributed by atoms with Gasteiger partial charge in [-0.2, -0.15) is 0 Å². The van der Waals surface area contributed by atoms with E-state index in [0.717, 1.165) is 114 Å². The van der Waals surface area contributed by atoms with Crippen LogP contribution in [-0.4, -0.2) is 96.7 Å². The van der Waals surface area contributed by atoms with Gasteiger partial charge in [-0.25, -0.2) is 9.13 Å². The second-order valence-corrected chi connectivity index (χ2v) is 33.9. The fourth-order valence-electron chi connectivity index (χ4n) is 12.5. The van der Waals surface area contributed by atoms with E-state index in [1.54, 1.807) is 0 Å². The third-order valence-electron chi connectivity index (χ3n) is 19.8. The van der Waals surface area contributed by atoms with Crippen LogP contribution in [0.2, 0.25) is 0 Å². The molecule has 0 amide bonds. The minimum absolute atomic E-state index is 0.106. The zero-order valence-electron chi connectivity index (χ0n) is 66.5. The smallest absolute Gasteiger partial charge is 0.462 e. The van der Waals surface area contributed by atoms with Gasteiger partial charge in [-0.15, -0.1) is 0 Å². The number of phosphoric acid groups is 2. The van der Waals surface area contributed by atoms with Crippen molar-refractivity contribution in [1.82, 2.24) is 0 Å². The molecule has 0 rings (SSSR count). The number of hydrogen-bond acceptors (Lipinski definition) is 15. The normalized spacial score (nSPS) is 14.5. The average Bonchev–Trinajstić information content (AvgIpc) is 1.11. The summed E-state index contributed by atoms with van der Waals surface area (Å²) in [5.74, 6) is 1.05. The second kappa shape index (κ2) is 71.0. The van der Waals surface area contributed by atoms with Crippen LogP contribution in [0.4, 0.5) is 0 Å². The third kappa shape index (κ3) is 73.4. The van der Waals surface area contributed by atoms with Crippen LogP contribution in [0.5, 0.6) is 0 Å². The molecule has 0 spiro atoms. The first-order chi connectivity index (χ1) is 48.7. The predicted molar refractivity (Wildman–Crippen MR) is 414 cm³/mol. The maximum atomic E-state index is 13.1. The number of rotatable bonds is 79. The monoisotopic (exact) mass is 1480 g/mol. The summed E-state index contributed by atoms with van der Waals surface area (Å²) in [7, 11) is -9.92. The molecule has 7 atom stereocenters. The highest BCUT2D eigenvalue weighted by Crippen LogP contribution is 2.45. The summed E-state index contributed by atoms with van der Waals surface area (Å²) in [5.41, 5.74) is 0. The summed E-state index contributed by atoms with van der Waals surface area (Å²) in [6.45, 7) is 14.3. The lowest BCUT2D eigenvalue weighted by Crippen LogP contribution is -2.30. The molecule has 0 aliphatic carbocycles. The lowest BCUT2D eigenvalue weighted by Gasteiger charge is -2.21. The Morgan fingerprint density at radius 3 is 0.703 bits per heavy atom. The number of carbonyl (C=O) groups excluding carboxylic acids is 4. The zero-order chi connectivity index (χ0) is 74.6. The van der Waals surface area contributed by atoms with Crippen LogP contribution in [0.3, 0.4) is 0 Å². The molecule has 600 valence electrons. The molecular formula is C82H160O17P2. The molecule has 0 saturated carbocycles. The van der Waals surface area contributed by atoms with E-state index < -0.39 is 97.5 Å². The molecule has 0 aliphatic rings. The van der Waals surface area contributed by atoms with Gasteiger partial charge in [0.15, 0.2) is 12.2 Å². The predicted octanol–water partition coefficient (Wildman–Crippen LogP) is 24.4. The van der Waals surface area contributed by atoms with Gasteiger partial charge in [0.2, 0.25) is 0 Å². The summed E-state index contributed by atoms with van der Waals surface area (Å²) < 4.78 is 68.7. The summed E-state index contributed by atoms with van der Waals surface area (Å²) in [6.07, 6.45) is 58.2. The van der Waals surface area contributed by atoms with Gasteiger partial charge in [0, 0.05) is 25.7 Å². The fraction of sp³-hybridized carbons (Fsp3) is 0.951. The third-order valence-corrected chi connectivity index (χ3v) is 21.7. The van der Waals surface area contributed by atoms with Crippen molar-refractivity contribution in [2.45, 2.75) is 440 Å². The van der Waals surface area contributed by atoms with Crippen molar-refractivity contribution in [3.8, 4) is 0 Å². The molecule has 17 nitrogen and oxygen atoms in total. The molecule has 5 unspecified atom stereocenters. The zero-order valence-corrected chi connectivity index (χ0v) is 68.3. The molecule has 0 heterocycles. The van der Waals surface area contributed by atoms with Gasteiger partial charge in [-0.3, -0.25) is 37.3 Å². The largest absolute Gasteiger partial charge is 0.472 e. The van der Waals surface area contributed by atoms with Gasteiger partial charge in [0.25, 0.3) is 0 Å². The Bertz CT molecular complexity index is 1980. The maximum Gasteiger partial charge on any atom is 0.472 e. The number of esters is 4. The first kappa shape index (κ1) is 99.1. The minimum Gasteiger partial charge on any atom is -0.462 e. The van der Waals surface area contributed by atoms with Crippen LogP contribution in [-0.2, 0) is 65.4 Å². The van der Waals surface area contributed by atoms with E-state index in [9.17, 15) is 43.2 Å². The van der Waals surface area contributed by atoms with E-state index in [-0.39, 0.29) is 25.7 Å². The SMILES string of the molecule is CCC(C)CCCCCCCCCCCCCCCCC(=O)O[C@H](COC(=O)CCCCCCCCCC(C)C)COP(=O)(O)OCC(O)COP(=O)(O)OC[C@@H](COC(=O)CCCCCCCCCCCCCCCCCCC(C)C)OC(=O)CCCCCCCCCCCCC(C)CC. The first-order valence-electron chi connectivity index (χ1n) is 42.3. The van der Waals surface area contributed by atoms with Crippen molar-refractivity contribution in [3.05, 3.63) is 0 Å². The minimum atomic E-state index is -4.96. The Kier molecular flexibility index (Phi) is 69.6. The average molecular weight is 1480 g/mol. The standard InChI is InChI=1S/C82H160O17P2/c1-9-74(7)60-52-44-36-28-22-18-15-16-20-24-31-39-48-56-64-81(86)99-78(69-93-80(85)63-55-47-41-33-35-43-51-59-73(5)6)71-97-101(90,91)95-67-76(83)66-94-100(88,89)96-70-77(98-82(87)65-57-49-40-32-26-25-29-37-45-53-61-75(8)10-2)68-92-79(84)62-54-46-38-30-23-19-14-12-11-13-17-21-27-34-42-50-58-72(3)4/h72-78,83H,9-71H2,1-8H3,(H,88,89)(H,90,91)/t74?,75?,76?,77-,78-/m1/s1. The molecule has 0 aromatic rings. The van der Waals surface area contributed by atoms with E-state index in [1.165, 1.54) is 218 Å². The summed E-state index contributed by atoms with van der Waals surface area (Å²) in [6, 6.07) is 0. The number of hydrogen-bond donors (Lipinski definition) is 3. The van der Waals surface area contributed by atoms with Crippen molar-refractivity contribution < 1.29 is 80.2 Å². The number of aliphatic hydroxyl groups is 1. The molecule has 19 heteroatoms. The van der Waals surface area contributed by atoms with Crippen LogP contribution in [0, 0.1) is 23.7 Å². The van der Waals surface area contributed by atoms with E-state index in [1.807, 2.05) is 0 Å². The van der Waals surface area contributed by atoms with Gasteiger partial charge in [0.05, 0.1) is 26.4 Å². The molecule has 101 heavy (non-hydrogen) atoms. The number of aliphatic hydroxyl groups excluding tert-OH is 1. The van der Waals surface area contributed by atoms with Gasteiger partial charge in [-0.1, -0.05) is 370 Å². The summed E-state index contributed by atoms with van der Waals surface area (Å²) in [4.78, 5) is 73.1. The fourth-order valence-corrected chi connectivity index (χ4v) is 14.1. The Hall–Kier alpha value is -1.94. The van der Waals surface area contributed by atoms with E-state index in [4.69, 9.17) is 37.0 Å². The molecule has 0 saturated heterocycles. The highest BCUT2D eigenvalue weighted by Gasteiger charge is 2.30.